The van der Waals surface area contributed by atoms with E-state index in [2.05, 4.69) is 5.32 Å². The molecule has 0 fully saturated rings. The number of rotatable bonds is 4. The molecule has 6 nitrogen and oxygen atoms in total. The van der Waals surface area contributed by atoms with Gasteiger partial charge in [0.1, 0.15) is 5.69 Å². The number of aromatic nitrogens is 1. The number of hydrogen-bond acceptors (Lipinski definition) is 3. The van der Waals surface area contributed by atoms with E-state index in [1.54, 1.807) is 45.2 Å². The highest BCUT2D eigenvalue weighted by molar-refractivity contribution is 6.40. The van der Waals surface area contributed by atoms with Crippen LogP contribution in [-0.4, -0.2) is 27.3 Å². The number of carboxylic acid groups (broad SMARTS) is 1. The predicted octanol–water partition coefficient (Wildman–Crippen LogP) is 2.16. The highest BCUT2D eigenvalue weighted by Crippen LogP contribution is 2.23. The minimum Gasteiger partial charge on any atom is -0.475 e. The Morgan fingerprint density at radius 1 is 1.09 bits per heavy atom. The van der Waals surface area contributed by atoms with E-state index in [0.29, 0.717) is 16.9 Å². The van der Waals surface area contributed by atoms with E-state index >= 15 is 0 Å². The Hall–Kier alpha value is -2.89. The topological polar surface area (TPSA) is 88.4 Å². The molecule has 0 atom stereocenters. The number of carboxylic acids is 1. The lowest BCUT2D eigenvalue weighted by atomic mass is 10.1. The minimum atomic E-state index is -1.54. The third-order valence-electron chi connectivity index (χ3n) is 3.60. The molecule has 2 aromatic rings. The van der Waals surface area contributed by atoms with E-state index < -0.39 is 17.7 Å². The molecule has 114 valence electrons. The largest absolute Gasteiger partial charge is 0.475 e. The molecule has 0 radical (unpaired) electrons. The van der Waals surface area contributed by atoms with E-state index in [4.69, 9.17) is 5.11 Å². The molecule has 1 aromatic carbocycles. The maximum Gasteiger partial charge on any atom is 0.377 e. The molecule has 0 unspecified atom stereocenters. The molecule has 0 spiro atoms. The number of para-hydroxylation sites is 1. The fourth-order valence-electron chi connectivity index (χ4n) is 2.45. The van der Waals surface area contributed by atoms with Crippen LogP contribution in [0.3, 0.4) is 0 Å². The van der Waals surface area contributed by atoms with Gasteiger partial charge in [0.2, 0.25) is 0 Å². The zero-order chi connectivity index (χ0) is 16.4. The van der Waals surface area contributed by atoms with Crippen molar-refractivity contribution >= 4 is 23.3 Å². The number of nitrogens with one attached hydrogen (secondary N) is 1. The number of hydrogen-bond donors (Lipinski definition) is 2. The molecular formula is C16H16N2O4. The van der Waals surface area contributed by atoms with E-state index in [0.717, 1.165) is 0 Å². The molecule has 0 aliphatic carbocycles. The Kier molecular flexibility index (Phi) is 4.12. The third-order valence-corrected chi connectivity index (χ3v) is 3.60. The van der Waals surface area contributed by atoms with E-state index in [1.807, 2.05) is 6.07 Å². The number of carbonyl (C=O) groups excluding carboxylic acids is 2. The van der Waals surface area contributed by atoms with Crippen molar-refractivity contribution < 1.29 is 19.5 Å². The van der Waals surface area contributed by atoms with Crippen molar-refractivity contribution in [3.63, 3.8) is 0 Å². The first kappa shape index (κ1) is 15.5. The number of benzene rings is 1. The van der Waals surface area contributed by atoms with Crippen molar-refractivity contribution in [1.82, 2.24) is 4.57 Å². The predicted molar refractivity (Wildman–Crippen MR) is 81.2 cm³/mol. The van der Waals surface area contributed by atoms with Crippen LogP contribution in [-0.2, 0) is 11.8 Å². The van der Waals surface area contributed by atoms with E-state index in [1.165, 1.54) is 4.57 Å². The van der Waals surface area contributed by atoms with Gasteiger partial charge in [-0.2, -0.15) is 0 Å². The summed E-state index contributed by atoms with van der Waals surface area (Å²) in [6.07, 6.45) is 0. The van der Waals surface area contributed by atoms with Gasteiger partial charge in [-0.15, -0.1) is 0 Å². The molecule has 0 bridgehead atoms. The second kappa shape index (κ2) is 5.85. The second-order valence-corrected chi connectivity index (χ2v) is 4.95. The maximum atomic E-state index is 12.4. The Labute approximate surface area is 127 Å². The second-order valence-electron chi connectivity index (χ2n) is 4.95. The van der Waals surface area contributed by atoms with Crippen molar-refractivity contribution in [3.8, 4) is 0 Å². The van der Waals surface area contributed by atoms with Crippen LogP contribution < -0.4 is 5.32 Å². The highest BCUT2D eigenvalue weighted by atomic mass is 16.4. The van der Waals surface area contributed by atoms with Gasteiger partial charge in [-0.25, -0.2) is 4.79 Å². The van der Waals surface area contributed by atoms with Crippen LogP contribution >= 0.6 is 0 Å². The Balaban J connectivity index is 2.44. The van der Waals surface area contributed by atoms with Crippen molar-refractivity contribution in [3.05, 3.63) is 52.8 Å². The van der Waals surface area contributed by atoms with Crippen LogP contribution in [0, 0.1) is 13.8 Å². The first-order valence-corrected chi connectivity index (χ1v) is 6.64. The summed E-state index contributed by atoms with van der Waals surface area (Å²) in [5, 5.41) is 11.6. The molecule has 2 rings (SSSR count). The quantitative estimate of drug-likeness (QED) is 0.669. The average Bonchev–Trinajstić information content (AvgIpc) is 2.69. The molecule has 1 amide bonds. The monoisotopic (exact) mass is 300 g/mol. The van der Waals surface area contributed by atoms with Crippen molar-refractivity contribution in [2.24, 2.45) is 7.05 Å². The van der Waals surface area contributed by atoms with E-state index in [-0.39, 0.29) is 11.3 Å². The summed E-state index contributed by atoms with van der Waals surface area (Å²) in [4.78, 5) is 35.1. The molecule has 0 aliphatic rings. The minimum absolute atomic E-state index is 0.0632. The van der Waals surface area contributed by atoms with Crippen LogP contribution in [0.1, 0.15) is 32.1 Å². The van der Waals surface area contributed by atoms with Crippen LogP contribution in [0.2, 0.25) is 0 Å². The van der Waals surface area contributed by atoms with Gasteiger partial charge in [-0.3, -0.25) is 9.59 Å². The van der Waals surface area contributed by atoms with Crippen molar-refractivity contribution in [2.75, 3.05) is 5.32 Å². The van der Waals surface area contributed by atoms with Gasteiger partial charge in [-0.1, -0.05) is 18.2 Å². The lowest BCUT2D eigenvalue weighted by molar-refractivity contribution is -0.131. The average molecular weight is 300 g/mol. The number of amides is 1. The van der Waals surface area contributed by atoms with E-state index in [9.17, 15) is 14.4 Å². The molecule has 1 heterocycles. The Morgan fingerprint density at radius 3 is 2.23 bits per heavy atom. The van der Waals surface area contributed by atoms with Crippen molar-refractivity contribution in [1.29, 1.82) is 0 Å². The molecular weight excluding hydrogens is 284 g/mol. The number of anilines is 1. The Morgan fingerprint density at radius 2 is 1.68 bits per heavy atom. The molecule has 22 heavy (non-hydrogen) atoms. The number of ketones is 1. The zero-order valence-corrected chi connectivity index (χ0v) is 12.5. The number of carbonyl (C=O) groups is 3. The lowest BCUT2D eigenvalue weighted by Gasteiger charge is -2.08. The van der Waals surface area contributed by atoms with Gasteiger partial charge in [-0.05, 0) is 31.5 Å². The number of nitrogens with zero attached hydrogens (tertiary/aromatic N) is 1. The standard InChI is InChI=1S/C16H16N2O4/c1-9-12(14(19)16(21)22)10(2)18(3)13(9)15(20)17-11-7-5-4-6-8-11/h4-8H,1-3H3,(H,17,20)(H,21,22). The van der Waals surface area contributed by atoms with Crippen LogP contribution in [0.25, 0.3) is 0 Å². The molecule has 2 N–H and O–H groups in total. The number of Topliss-reactive ketones (excluding diaryl/α,β-unsaturated/α-hetero) is 1. The summed E-state index contributed by atoms with van der Waals surface area (Å²) in [5.41, 5.74) is 1.76. The van der Waals surface area contributed by atoms with Crippen LogP contribution in [0.5, 0.6) is 0 Å². The Bertz CT molecular complexity index is 760. The summed E-state index contributed by atoms with van der Waals surface area (Å²) in [6.45, 7) is 3.19. The summed E-state index contributed by atoms with van der Waals surface area (Å²) in [7, 11) is 1.63. The van der Waals surface area contributed by atoms with Gasteiger partial charge in [0.05, 0.1) is 5.56 Å². The van der Waals surface area contributed by atoms with Gasteiger partial charge >= 0.3 is 5.97 Å². The SMILES string of the molecule is Cc1c(C(=O)C(=O)O)c(C)n(C)c1C(=O)Nc1ccccc1. The molecule has 1 aromatic heterocycles. The van der Waals surface area contributed by atoms with Gasteiger partial charge in [0.15, 0.2) is 0 Å². The fraction of sp³-hybridized carbons (Fsp3) is 0.188. The summed E-state index contributed by atoms with van der Waals surface area (Å²) in [6, 6.07) is 8.89. The highest BCUT2D eigenvalue weighted by Gasteiger charge is 2.28. The van der Waals surface area contributed by atoms with Crippen LogP contribution in [0.4, 0.5) is 5.69 Å². The molecule has 0 aliphatic heterocycles. The van der Waals surface area contributed by atoms with Gasteiger partial charge < -0.3 is 15.0 Å². The number of aliphatic carboxylic acids is 1. The normalized spacial score (nSPS) is 10.3. The zero-order valence-electron chi connectivity index (χ0n) is 12.5. The van der Waals surface area contributed by atoms with Gasteiger partial charge in [0.25, 0.3) is 11.7 Å². The summed E-state index contributed by atoms with van der Waals surface area (Å²) < 4.78 is 1.53. The molecule has 6 heteroatoms. The molecule has 0 saturated carbocycles. The first-order valence-electron chi connectivity index (χ1n) is 6.64. The summed E-state index contributed by atoms with van der Waals surface area (Å²) in [5.74, 6) is -2.94. The van der Waals surface area contributed by atoms with Crippen LogP contribution in [0.15, 0.2) is 30.3 Å². The van der Waals surface area contributed by atoms with Gasteiger partial charge in [0, 0.05) is 18.4 Å². The first-order chi connectivity index (χ1) is 10.3. The molecule has 0 saturated heterocycles. The maximum absolute atomic E-state index is 12.4. The van der Waals surface area contributed by atoms with Crippen molar-refractivity contribution in [2.45, 2.75) is 13.8 Å². The third kappa shape index (κ3) is 2.63. The fourth-order valence-corrected chi connectivity index (χ4v) is 2.45. The lowest BCUT2D eigenvalue weighted by Crippen LogP contribution is -2.17. The summed E-state index contributed by atoms with van der Waals surface area (Å²) >= 11 is 0. The smallest absolute Gasteiger partial charge is 0.377 e.